The van der Waals surface area contributed by atoms with Gasteiger partial charge in [0.05, 0.1) is 0 Å². The quantitative estimate of drug-likeness (QED) is 0.631. The first-order chi connectivity index (χ1) is 5.82. The van der Waals surface area contributed by atoms with Crippen LogP contribution >= 0.6 is 15.9 Å². The van der Waals surface area contributed by atoms with Crippen molar-refractivity contribution in [3.8, 4) is 0 Å². The fourth-order valence-corrected chi connectivity index (χ4v) is 1.59. The van der Waals surface area contributed by atoms with E-state index < -0.39 is 0 Å². The van der Waals surface area contributed by atoms with Crippen LogP contribution in [0, 0.1) is 13.8 Å². The van der Waals surface area contributed by atoms with Gasteiger partial charge >= 0.3 is 0 Å². The number of halogens is 1. The minimum atomic E-state index is 0.126. The van der Waals surface area contributed by atoms with E-state index in [-0.39, 0.29) is 5.41 Å². The molecule has 0 amide bonds. The maximum Gasteiger partial charge on any atom is 0.109 e. The molecule has 0 saturated heterocycles. The van der Waals surface area contributed by atoms with Crippen molar-refractivity contribution in [2.24, 2.45) is 0 Å². The van der Waals surface area contributed by atoms with E-state index in [9.17, 15) is 0 Å². The number of pyridine rings is 1. The standard InChI is InChI=1S/C11H16BrN/c1-7-6-9(11(3,4)5)13-10(12)8(7)2/h6H,1-5H3. The van der Waals surface area contributed by atoms with Crippen molar-refractivity contribution in [2.45, 2.75) is 40.0 Å². The molecule has 1 nitrogen and oxygen atoms in total. The van der Waals surface area contributed by atoms with Gasteiger partial charge < -0.3 is 0 Å². The zero-order valence-electron chi connectivity index (χ0n) is 8.90. The van der Waals surface area contributed by atoms with Crippen molar-refractivity contribution in [3.05, 3.63) is 27.5 Å². The van der Waals surface area contributed by atoms with Crippen molar-refractivity contribution in [1.29, 1.82) is 0 Å². The van der Waals surface area contributed by atoms with E-state index in [2.05, 4.69) is 61.6 Å². The number of hydrogen-bond acceptors (Lipinski definition) is 1. The topological polar surface area (TPSA) is 12.9 Å². The van der Waals surface area contributed by atoms with Crippen LogP contribution in [0.3, 0.4) is 0 Å². The summed E-state index contributed by atoms with van der Waals surface area (Å²) in [6, 6.07) is 2.17. The predicted octanol–water partition coefficient (Wildman–Crippen LogP) is 3.76. The molecule has 0 N–H and O–H groups in total. The molecule has 0 bridgehead atoms. The summed E-state index contributed by atoms with van der Waals surface area (Å²) in [6.07, 6.45) is 0. The number of hydrogen-bond donors (Lipinski definition) is 0. The first-order valence-corrected chi connectivity index (χ1v) is 5.26. The van der Waals surface area contributed by atoms with Gasteiger partial charge in [0.1, 0.15) is 4.60 Å². The SMILES string of the molecule is Cc1cc(C(C)(C)C)nc(Br)c1C. The Morgan fingerprint density at radius 1 is 1.23 bits per heavy atom. The van der Waals surface area contributed by atoms with Crippen LogP contribution in [0.4, 0.5) is 0 Å². The molecule has 1 aromatic rings. The van der Waals surface area contributed by atoms with Crippen LogP contribution < -0.4 is 0 Å². The Morgan fingerprint density at radius 2 is 1.77 bits per heavy atom. The molecule has 1 aromatic heterocycles. The van der Waals surface area contributed by atoms with Crippen LogP contribution in [0.5, 0.6) is 0 Å². The highest BCUT2D eigenvalue weighted by atomic mass is 79.9. The van der Waals surface area contributed by atoms with Crippen molar-refractivity contribution in [3.63, 3.8) is 0 Å². The van der Waals surface area contributed by atoms with E-state index in [0.717, 1.165) is 10.3 Å². The maximum atomic E-state index is 4.52. The molecule has 13 heavy (non-hydrogen) atoms. The second-order valence-corrected chi connectivity index (χ2v) is 5.24. The van der Waals surface area contributed by atoms with Crippen LogP contribution in [0.15, 0.2) is 10.7 Å². The first kappa shape index (κ1) is 10.7. The lowest BCUT2D eigenvalue weighted by molar-refractivity contribution is 0.566. The van der Waals surface area contributed by atoms with Gasteiger partial charge in [0.2, 0.25) is 0 Å². The third-order valence-electron chi connectivity index (χ3n) is 2.24. The molecule has 0 fully saturated rings. The van der Waals surface area contributed by atoms with Gasteiger partial charge in [-0.2, -0.15) is 0 Å². The van der Waals surface area contributed by atoms with Crippen LogP contribution in [0.1, 0.15) is 37.6 Å². The highest BCUT2D eigenvalue weighted by Gasteiger charge is 2.17. The molecule has 0 aliphatic carbocycles. The lowest BCUT2D eigenvalue weighted by atomic mass is 9.90. The first-order valence-electron chi connectivity index (χ1n) is 4.46. The second kappa shape index (κ2) is 3.41. The fraction of sp³-hybridized carbons (Fsp3) is 0.545. The van der Waals surface area contributed by atoms with Gasteiger partial charge in [-0.3, -0.25) is 0 Å². The predicted molar refractivity (Wildman–Crippen MR) is 60.1 cm³/mol. The summed E-state index contributed by atoms with van der Waals surface area (Å²) in [6.45, 7) is 10.7. The summed E-state index contributed by atoms with van der Waals surface area (Å²) in [4.78, 5) is 4.52. The van der Waals surface area contributed by atoms with Gasteiger partial charge in [0, 0.05) is 11.1 Å². The van der Waals surface area contributed by atoms with E-state index in [0.29, 0.717) is 0 Å². The van der Waals surface area contributed by atoms with Crippen molar-refractivity contribution in [1.82, 2.24) is 4.98 Å². The van der Waals surface area contributed by atoms with Crippen LogP contribution in [0.25, 0.3) is 0 Å². The average molecular weight is 242 g/mol. The van der Waals surface area contributed by atoms with Gasteiger partial charge in [-0.05, 0) is 47.0 Å². The number of rotatable bonds is 0. The third kappa shape index (κ3) is 2.31. The molecule has 0 spiro atoms. The van der Waals surface area contributed by atoms with E-state index >= 15 is 0 Å². The Kier molecular flexibility index (Phi) is 2.81. The zero-order valence-corrected chi connectivity index (χ0v) is 10.5. The highest BCUT2D eigenvalue weighted by molar-refractivity contribution is 9.10. The lowest BCUT2D eigenvalue weighted by Gasteiger charge is -2.19. The molecule has 0 unspecified atom stereocenters. The largest absolute Gasteiger partial charge is 0.245 e. The van der Waals surface area contributed by atoms with Crippen LogP contribution in [0.2, 0.25) is 0 Å². The lowest BCUT2D eigenvalue weighted by Crippen LogP contribution is -2.14. The smallest absolute Gasteiger partial charge is 0.109 e. The molecule has 0 aromatic carbocycles. The van der Waals surface area contributed by atoms with E-state index in [1.54, 1.807) is 0 Å². The Morgan fingerprint density at radius 3 is 2.15 bits per heavy atom. The molecule has 0 saturated carbocycles. The molecule has 1 rings (SSSR count). The number of nitrogens with zero attached hydrogens (tertiary/aromatic N) is 1. The van der Waals surface area contributed by atoms with E-state index in [1.165, 1.54) is 11.1 Å². The summed E-state index contributed by atoms with van der Waals surface area (Å²) < 4.78 is 0.970. The van der Waals surface area contributed by atoms with Crippen LogP contribution in [-0.4, -0.2) is 4.98 Å². The fourth-order valence-electron chi connectivity index (χ4n) is 1.08. The van der Waals surface area contributed by atoms with E-state index in [1.807, 2.05) is 0 Å². The summed E-state index contributed by atoms with van der Waals surface area (Å²) in [7, 11) is 0. The van der Waals surface area contributed by atoms with Gasteiger partial charge in [0.15, 0.2) is 0 Å². The normalized spacial score (nSPS) is 11.8. The minimum Gasteiger partial charge on any atom is -0.245 e. The van der Waals surface area contributed by atoms with Gasteiger partial charge in [-0.25, -0.2) is 4.98 Å². The molecule has 1 heterocycles. The molecule has 0 aliphatic rings. The van der Waals surface area contributed by atoms with Crippen molar-refractivity contribution >= 4 is 15.9 Å². The summed E-state index contributed by atoms with van der Waals surface area (Å²) in [5.41, 5.74) is 3.79. The minimum absolute atomic E-state index is 0.126. The van der Waals surface area contributed by atoms with Gasteiger partial charge in [-0.15, -0.1) is 0 Å². The highest BCUT2D eigenvalue weighted by Crippen LogP contribution is 2.25. The van der Waals surface area contributed by atoms with E-state index in [4.69, 9.17) is 0 Å². The Labute approximate surface area is 88.7 Å². The van der Waals surface area contributed by atoms with Gasteiger partial charge in [0.25, 0.3) is 0 Å². The van der Waals surface area contributed by atoms with Gasteiger partial charge in [-0.1, -0.05) is 20.8 Å². The van der Waals surface area contributed by atoms with Crippen molar-refractivity contribution < 1.29 is 0 Å². The molecular weight excluding hydrogens is 226 g/mol. The molecule has 0 aliphatic heterocycles. The molecule has 72 valence electrons. The van der Waals surface area contributed by atoms with Crippen molar-refractivity contribution in [2.75, 3.05) is 0 Å². The molecule has 0 atom stereocenters. The average Bonchev–Trinajstić information content (AvgIpc) is 1.97. The Bertz CT molecular complexity index is 300. The Hall–Kier alpha value is -0.370. The van der Waals surface area contributed by atoms with Crippen LogP contribution in [-0.2, 0) is 5.41 Å². The molecular formula is C11H16BrN. The second-order valence-electron chi connectivity index (χ2n) is 4.49. The zero-order chi connectivity index (χ0) is 10.2. The molecule has 0 radical (unpaired) electrons. The number of aryl methyl sites for hydroxylation is 1. The third-order valence-corrected chi connectivity index (χ3v) is 3.01. The summed E-state index contributed by atoms with van der Waals surface area (Å²) in [5.74, 6) is 0. The Balaban J connectivity index is 3.29. The number of aromatic nitrogens is 1. The summed E-state index contributed by atoms with van der Waals surface area (Å²) >= 11 is 3.48. The summed E-state index contributed by atoms with van der Waals surface area (Å²) in [5, 5.41) is 0. The maximum absolute atomic E-state index is 4.52. The molecule has 2 heteroatoms. The monoisotopic (exact) mass is 241 g/mol.